The fourth-order valence-corrected chi connectivity index (χ4v) is 1.63. The summed E-state index contributed by atoms with van der Waals surface area (Å²) in [5, 5.41) is 21.5. The Morgan fingerprint density at radius 3 is 2.83 bits per heavy atom. The molecule has 0 aliphatic heterocycles. The van der Waals surface area contributed by atoms with Crippen LogP contribution in [-0.2, 0) is 13.7 Å². The quantitative estimate of drug-likeness (QED) is 0.861. The van der Waals surface area contributed by atoms with Crippen molar-refractivity contribution in [1.82, 2.24) is 20.2 Å². The van der Waals surface area contributed by atoms with Crippen molar-refractivity contribution in [3.63, 3.8) is 0 Å². The van der Waals surface area contributed by atoms with Gasteiger partial charge in [0.1, 0.15) is 5.75 Å². The first-order chi connectivity index (χ1) is 8.70. The molecule has 0 amide bonds. The highest BCUT2D eigenvalue weighted by atomic mass is 16.5. The van der Waals surface area contributed by atoms with E-state index in [2.05, 4.69) is 15.4 Å². The average molecular weight is 248 g/mol. The van der Waals surface area contributed by atoms with Gasteiger partial charge in [-0.1, -0.05) is 25.1 Å². The zero-order valence-electron chi connectivity index (χ0n) is 10.4. The van der Waals surface area contributed by atoms with Gasteiger partial charge >= 0.3 is 0 Å². The van der Waals surface area contributed by atoms with E-state index in [4.69, 9.17) is 4.74 Å². The van der Waals surface area contributed by atoms with Gasteiger partial charge in [-0.3, -0.25) is 0 Å². The Kier molecular flexibility index (Phi) is 3.88. The molecule has 1 aromatic carbocycles. The normalized spacial score (nSPS) is 12.4. The number of hydrogen-bond acceptors (Lipinski definition) is 5. The molecule has 2 aromatic rings. The van der Waals surface area contributed by atoms with Crippen LogP contribution in [0.15, 0.2) is 24.3 Å². The predicted molar refractivity (Wildman–Crippen MR) is 64.8 cm³/mol. The van der Waals surface area contributed by atoms with Gasteiger partial charge in [-0.25, -0.2) is 0 Å². The van der Waals surface area contributed by atoms with Crippen LogP contribution in [0.1, 0.15) is 30.8 Å². The minimum absolute atomic E-state index is 0.237. The van der Waals surface area contributed by atoms with Crippen LogP contribution < -0.4 is 4.74 Å². The van der Waals surface area contributed by atoms with Crippen molar-refractivity contribution in [3.05, 3.63) is 35.7 Å². The minimum Gasteiger partial charge on any atom is -0.485 e. The zero-order chi connectivity index (χ0) is 13.0. The average Bonchev–Trinajstić information content (AvgIpc) is 2.81. The topological polar surface area (TPSA) is 73.1 Å². The van der Waals surface area contributed by atoms with Gasteiger partial charge in [0.15, 0.2) is 6.61 Å². The van der Waals surface area contributed by atoms with E-state index in [-0.39, 0.29) is 6.61 Å². The van der Waals surface area contributed by atoms with Crippen molar-refractivity contribution >= 4 is 0 Å². The monoisotopic (exact) mass is 248 g/mol. The molecule has 18 heavy (non-hydrogen) atoms. The fraction of sp³-hybridized carbons (Fsp3) is 0.417. The largest absolute Gasteiger partial charge is 0.485 e. The Balaban J connectivity index is 2.09. The van der Waals surface area contributed by atoms with Gasteiger partial charge in [0.2, 0.25) is 5.82 Å². The van der Waals surface area contributed by atoms with E-state index in [1.54, 1.807) is 7.05 Å². The first kappa shape index (κ1) is 12.5. The maximum absolute atomic E-state index is 9.88. The molecule has 0 spiro atoms. The molecule has 2 rings (SSSR count). The number of aliphatic hydroxyl groups is 1. The summed E-state index contributed by atoms with van der Waals surface area (Å²) in [6.07, 6.45) is 0.125. The number of para-hydroxylation sites is 1. The molecule has 0 bridgehead atoms. The summed E-state index contributed by atoms with van der Waals surface area (Å²) in [7, 11) is 1.70. The molecule has 0 fully saturated rings. The number of aromatic nitrogens is 4. The second-order valence-electron chi connectivity index (χ2n) is 3.95. The molecule has 1 heterocycles. The van der Waals surface area contributed by atoms with Crippen LogP contribution in [0.5, 0.6) is 5.75 Å². The van der Waals surface area contributed by atoms with Crippen LogP contribution in [0.25, 0.3) is 0 Å². The lowest BCUT2D eigenvalue weighted by Gasteiger charge is -2.13. The molecular formula is C12H16N4O2. The van der Waals surface area contributed by atoms with Gasteiger partial charge < -0.3 is 9.84 Å². The Morgan fingerprint density at radius 1 is 1.39 bits per heavy atom. The summed E-state index contributed by atoms with van der Waals surface area (Å²) >= 11 is 0. The van der Waals surface area contributed by atoms with E-state index in [9.17, 15) is 5.11 Å². The lowest BCUT2D eigenvalue weighted by molar-refractivity contribution is 0.166. The van der Waals surface area contributed by atoms with E-state index in [0.29, 0.717) is 18.0 Å². The third kappa shape index (κ3) is 2.84. The molecule has 6 nitrogen and oxygen atoms in total. The van der Waals surface area contributed by atoms with Gasteiger partial charge in [-0.05, 0) is 17.7 Å². The Morgan fingerprint density at radius 2 is 2.17 bits per heavy atom. The molecule has 0 saturated carbocycles. The van der Waals surface area contributed by atoms with Gasteiger partial charge in [0, 0.05) is 5.56 Å². The maximum Gasteiger partial charge on any atom is 0.212 e. The van der Waals surface area contributed by atoms with Crippen LogP contribution in [0, 0.1) is 0 Å². The van der Waals surface area contributed by atoms with Crippen LogP contribution in [0.2, 0.25) is 0 Å². The Hall–Kier alpha value is -1.95. The second kappa shape index (κ2) is 5.59. The third-order valence-corrected chi connectivity index (χ3v) is 2.57. The van der Waals surface area contributed by atoms with Crippen molar-refractivity contribution in [2.75, 3.05) is 0 Å². The van der Waals surface area contributed by atoms with Crippen LogP contribution >= 0.6 is 0 Å². The molecule has 1 atom stereocenters. The Bertz CT molecular complexity index is 512. The highest BCUT2D eigenvalue weighted by Gasteiger charge is 2.11. The number of hydrogen-bond donors (Lipinski definition) is 1. The number of nitrogens with zero attached hydrogens (tertiary/aromatic N) is 4. The SMILES string of the molecule is CC[C@@H](O)c1ccccc1OCc1nnn(C)n1. The number of tetrazole rings is 1. The summed E-state index contributed by atoms with van der Waals surface area (Å²) in [5.74, 6) is 1.16. The van der Waals surface area contributed by atoms with Crippen molar-refractivity contribution in [2.45, 2.75) is 26.1 Å². The van der Waals surface area contributed by atoms with Gasteiger partial charge in [0.25, 0.3) is 0 Å². The fourth-order valence-electron chi connectivity index (χ4n) is 1.63. The molecule has 0 saturated heterocycles. The summed E-state index contributed by atoms with van der Waals surface area (Å²) in [6, 6.07) is 7.42. The van der Waals surface area contributed by atoms with E-state index in [1.165, 1.54) is 4.80 Å². The first-order valence-electron chi connectivity index (χ1n) is 5.83. The van der Waals surface area contributed by atoms with Crippen LogP contribution in [-0.4, -0.2) is 25.3 Å². The zero-order valence-corrected chi connectivity index (χ0v) is 10.4. The summed E-state index contributed by atoms with van der Waals surface area (Å²) < 4.78 is 5.62. The van der Waals surface area contributed by atoms with E-state index >= 15 is 0 Å². The highest BCUT2D eigenvalue weighted by molar-refractivity contribution is 5.35. The molecular weight excluding hydrogens is 232 g/mol. The number of aryl methyl sites for hydroxylation is 1. The highest BCUT2D eigenvalue weighted by Crippen LogP contribution is 2.27. The maximum atomic E-state index is 9.88. The second-order valence-corrected chi connectivity index (χ2v) is 3.95. The molecule has 6 heteroatoms. The molecule has 96 valence electrons. The van der Waals surface area contributed by atoms with E-state index in [0.717, 1.165) is 5.56 Å². The first-order valence-corrected chi connectivity index (χ1v) is 5.83. The summed E-state index contributed by atoms with van der Waals surface area (Å²) in [5.41, 5.74) is 0.781. The molecule has 1 N–H and O–H groups in total. The number of rotatable bonds is 5. The van der Waals surface area contributed by atoms with Crippen molar-refractivity contribution < 1.29 is 9.84 Å². The Labute approximate surface area is 105 Å². The van der Waals surface area contributed by atoms with Crippen LogP contribution in [0.4, 0.5) is 0 Å². The summed E-state index contributed by atoms with van der Waals surface area (Å²) in [6.45, 7) is 2.16. The van der Waals surface area contributed by atoms with Crippen molar-refractivity contribution in [3.8, 4) is 5.75 Å². The lowest BCUT2D eigenvalue weighted by Crippen LogP contribution is -2.03. The molecule has 1 aromatic heterocycles. The van der Waals surface area contributed by atoms with Crippen molar-refractivity contribution in [1.29, 1.82) is 0 Å². The molecule has 0 unspecified atom stereocenters. The number of ether oxygens (including phenoxy) is 1. The van der Waals surface area contributed by atoms with Crippen molar-refractivity contribution in [2.24, 2.45) is 7.05 Å². The summed E-state index contributed by atoms with van der Waals surface area (Å²) in [4.78, 5) is 1.38. The van der Waals surface area contributed by atoms with Crippen LogP contribution in [0.3, 0.4) is 0 Å². The number of benzene rings is 1. The van der Waals surface area contributed by atoms with Gasteiger partial charge in [-0.15, -0.1) is 10.2 Å². The molecule has 0 aliphatic rings. The predicted octanol–water partition coefficient (Wildman–Crippen LogP) is 1.23. The van der Waals surface area contributed by atoms with E-state index < -0.39 is 6.10 Å². The smallest absolute Gasteiger partial charge is 0.212 e. The third-order valence-electron chi connectivity index (χ3n) is 2.57. The standard InChI is InChI=1S/C12H16N4O2/c1-3-10(17)9-6-4-5-7-11(9)18-8-12-13-15-16(2)14-12/h4-7,10,17H,3,8H2,1-2H3/t10-/m1/s1. The molecule has 0 aliphatic carbocycles. The molecule has 0 radical (unpaired) electrons. The lowest BCUT2D eigenvalue weighted by atomic mass is 10.1. The van der Waals surface area contributed by atoms with Gasteiger partial charge in [0.05, 0.1) is 13.2 Å². The minimum atomic E-state index is -0.518. The van der Waals surface area contributed by atoms with Gasteiger partial charge in [-0.2, -0.15) is 4.80 Å². The number of aliphatic hydroxyl groups excluding tert-OH is 1. The van der Waals surface area contributed by atoms with E-state index in [1.807, 2.05) is 31.2 Å².